The molecule has 2 aromatic rings. The summed E-state index contributed by atoms with van der Waals surface area (Å²) in [5.74, 6) is -0.0791. The van der Waals surface area contributed by atoms with Crippen LogP contribution in [0.25, 0.3) is 6.08 Å². The van der Waals surface area contributed by atoms with Gasteiger partial charge in [-0.3, -0.25) is 4.79 Å². The van der Waals surface area contributed by atoms with Gasteiger partial charge in [-0.05, 0) is 49.1 Å². The van der Waals surface area contributed by atoms with Gasteiger partial charge in [0.2, 0.25) is 5.91 Å². The lowest BCUT2D eigenvalue weighted by Gasteiger charge is -2.14. The van der Waals surface area contributed by atoms with E-state index in [-0.39, 0.29) is 11.9 Å². The summed E-state index contributed by atoms with van der Waals surface area (Å²) >= 11 is 0. The SMILES string of the molecule is Cc1ccc([C@@H](C)NC(=O)/C=C/c2ccccc2)cc1C. The van der Waals surface area contributed by atoms with Gasteiger partial charge >= 0.3 is 0 Å². The summed E-state index contributed by atoms with van der Waals surface area (Å²) in [6.07, 6.45) is 3.40. The van der Waals surface area contributed by atoms with Crippen LogP contribution in [0.4, 0.5) is 0 Å². The smallest absolute Gasteiger partial charge is 0.244 e. The molecule has 2 rings (SSSR count). The minimum absolute atomic E-state index is 0.00257. The normalized spacial score (nSPS) is 12.3. The van der Waals surface area contributed by atoms with Gasteiger partial charge in [-0.2, -0.15) is 0 Å². The molecule has 0 saturated carbocycles. The van der Waals surface area contributed by atoms with E-state index in [1.54, 1.807) is 6.08 Å². The molecule has 0 heterocycles. The highest BCUT2D eigenvalue weighted by molar-refractivity contribution is 5.91. The van der Waals surface area contributed by atoms with Crippen molar-refractivity contribution in [3.63, 3.8) is 0 Å². The Hall–Kier alpha value is -2.35. The van der Waals surface area contributed by atoms with Gasteiger partial charge in [-0.1, -0.05) is 48.5 Å². The molecule has 1 amide bonds. The van der Waals surface area contributed by atoms with Crippen molar-refractivity contribution >= 4 is 12.0 Å². The molecule has 1 atom stereocenters. The van der Waals surface area contributed by atoms with E-state index in [1.807, 2.05) is 43.3 Å². The fourth-order valence-electron chi connectivity index (χ4n) is 2.11. The lowest BCUT2D eigenvalue weighted by molar-refractivity contribution is -0.117. The van der Waals surface area contributed by atoms with Gasteiger partial charge in [0, 0.05) is 6.08 Å². The van der Waals surface area contributed by atoms with Crippen molar-refractivity contribution in [1.82, 2.24) is 5.32 Å². The van der Waals surface area contributed by atoms with Gasteiger partial charge in [0.15, 0.2) is 0 Å². The van der Waals surface area contributed by atoms with Crippen LogP contribution in [0.5, 0.6) is 0 Å². The number of carbonyl (C=O) groups excluding carboxylic acids is 1. The molecule has 0 aliphatic carbocycles. The molecule has 2 aromatic carbocycles. The van der Waals surface area contributed by atoms with E-state index >= 15 is 0 Å². The van der Waals surface area contributed by atoms with E-state index in [4.69, 9.17) is 0 Å². The first kappa shape index (κ1) is 15.0. The predicted octanol–water partition coefficient (Wildman–Crippen LogP) is 4.19. The first-order chi connectivity index (χ1) is 10.1. The van der Waals surface area contributed by atoms with Crippen LogP contribution in [-0.4, -0.2) is 5.91 Å². The summed E-state index contributed by atoms with van der Waals surface area (Å²) < 4.78 is 0. The van der Waals surface area contributed by atoms with Crippen molar-refractivity contribution in [3.05, 3.63) is 76.9 Å². The van der Waals surface area contributed by atoms with Crippen LogP contribution in [0.15, 0.2) is 54.6 Å². The van der Waals surface area contributed by atoms with E-state index in [2.05, 4.69) is 37.4 Å². The molecule has 108 valence electrons. The minimum Gasteiger partial charge on any atom is -0.346 e. The predicted molar refractivity (Wildman–Crippen MR) is 87.9 cm³/mol. The average molecular weight is 279 g/mol. The third-order valence-electron chi connectivity index (χ3n) is 3.62. The molecular formula is C19H21NO. The average Bonchev–Trinajstić information content (AvgIpc) is 2.49. The first-order valence-corrected chi connectivity index (χ1v) is 7.17. The summed E-state index contributed by atoms with van der Waals surface area (Å²) in [6.45, 7) is 6.17. The van der Waals surface area contributed by atoms with E-state index in [9.17, 15) is 4.79 Å². The van der Waals surface area contributed by atoms with Crippen molar-refractivity contribution in [2.24, 2.45) is 0 Å². The molecule has 0 spiro atoms. The summed E-state index contributed by atoms with van der Waals surface area (Å²) in [4.78, 5) is 12.0. The molecule has 0 aromatic heterocycles. The molecule has 0 aliphatic rings. The van der Waals surface area contributed by atoms with Crippen LogP contribution in [-0.2, 0) is 4.79 Å². The van der Waals surface area contributed by atoms with Crippen LogP contribution >= 0.6 is 0 Å². The molecular weight excluding hydrogens is 258 g/mol. The number of rotatable bonds is 4. The van der Waals surface area contributed by atoms with E-state index < -0.39 is 0 Å². The van der Waals surface area contributed by atoms with E-state index in [1.165, 1.54) is 11.1 Å². The Balaban J connectivity index is 1.99. The van der Waals surface area contributed by atoms with Gasteiger partial charge in [-0.15, -0.1) is 0 Å². The third-order valence-corrected chi connectivity index (χ3v) is 3.62. The lowest BCUT2D eigenvalue weighted by atomic mass is 10.0. The molecule has 0 aliphatic heterocycles. The zero-order valence-corrected chi connectivity index (χ0v) is 12.8. The maximum atomic E-state index is 12.0. The van der Waals surface area contributed by atoms with Gasteiger partial charge in [0.05, 0.1) is 6.04 Å². The molecule has 0 fully saturated rings. The van der Waals surface area contributed by atoms with Crippen molar-refractivity contribution < 1.29 is 4.79 Å². The monoisotopic (exact) mass is 279 g/mol. The standard InChI is InChI=1S/C19H21NO/c1-14-9-11-18(13-15(14)2)16(3)20-19(21)12-10-17-7-5-4-6-8-17/h4-13,16H,1-3H3,(H,20,21)/b12-10+/t16-/m1/s1. The van der Waals surface area contributed by atoms with Gasteiger partial charge in [-0.25, -0.2) is 0 Å². The third kappa shape index (κ3) is 4.32. The topological polar surface area (TPSA) is 29.1 Å². The number of hydrogen-bond acceptors (Lipinski definition) is 1. The van der Waals surface area contributed by atoms with Crippen LogP contribution in [0, 0.1) is 13.8 Å². The summed E-state index contributed by atoms with van der Waals surface area (Å²) in [5.41, 5.74) is 4.65. The first-order valence-electron chi connectivity index (χ1n) is 7.17. The Morgan fingerprint density at radius 1 is 1.05 bits per heavy atom. The fourth-order valence-corrected chi connectivity index (χ4v) is 2.11. The largest absolute Gasteiger partial charge is 0.346 e. The van der Waals surface area contributed by atoms with E-state index in [0.717, 1.165) is 11.1 Å². The second-order valence-corrected chi connectivity index (χ2v) is 5.32. The fraction of sp³-hybridized carbons (Fsp3) is 0.211. The number of aryl methyl sites for hydroxylation is 2. The second-order valence-electron chi connectivity index (χ2n) is 5.32. The molecule has 2 nitrogen and oxygen atoms in total. The van der Waals surface area contributed by atoms with Crippen LogP contribution in [0.2, 0.25) is 0 Å². The quantitative estimate of drug-likeness (QED) is 0.835. The van der Waals surface area contributed by atoms with Gasteiger partial charge in [0.1, 0.15) is 0 Å². The summed E-state index contributed by atoms with van der Waals surface area (Å²) in [7, 11) is 0. The maximum Gasteiger partial charge on any atom is 0.244 e. The number of amides is 1. The number of nitrogens with one attached hydrogen (secondary N) is 1. The van der Waals surface area contributed by atoms with Crippen molar-refractivity contribution in [1.29, 1.82) is 0 Å². The maximum absolute atomic E-state index is 12.0. The molecule has 0 unspecified atom stereocenters. The van der Waals surface area contributed by atoms with Crippen molar-refractivity contribution in [2.75, 3.05) is 0 Å². The van der Waals surface area contributed by atoms with Crippen LogP contribution < -0.4 is 5.32 Å². The second kappa shape index (κ2) is 6.89. The highest BCUT2D eigenvalue weighted by Gasteiger charge is 2.08. The van der Waals surface area contributed by atoms with Gasteiger partial charge < -0.3 is 5.32 Å². The van der Waals surface area contributed by atoms with Crippen molar-refractivity contribution in [3.8, 4) is 0 Å². The zero-order valence-electron chi connectivity index (χ0n) is 12.8. The Bertz CT molecular complexity index is 644. The molecule has 0 saturated heterocycles. The minimum atomic E-state index is -0.0791. The Morgan fingerprint density at radius 3 is 2.43 bits per heavy atom. The number of benzene rings is 2. The van der Waals surface area contributed by atoms with E-state index in [0.29, 0.717) is 0 Å². The summed E-state index contributed by atoms with van der Waals surface area (Å²) in [5, 5.41) is 2.99. The molecule has 2 heteroatoms. The molecule has 0 radical (unpaired) electrons. The van der Waals surface area contributed by atoms with Crippen LogP contribution in [0.1, 0.15) is 35.2 Å². The molecule has 0 bridgehead atoms. The highest BCUT2D eigenvalue weighted by atomic mass is 16.1. The van der Waals surface area contributed by atoms with Crippen LogP contribution in [0.3, 0.4) is 0 Å². The van der Waals surface area contributed by atoms with Gasteiger partial charge in [0.25, 0.3) is 0 Å². The molecule has 1 N–H and O–H groups in total. The molecule has 21 heavy (non-hydrogen) atoms. The number of carbonyl (C=O) groups is 1. The highest BCUT2D eigenvalue weighted by Crippen LogP contribution is 2.16. The zero-order chi connectivity index (χ0) is 15.2. The number of hydrogen-bond donors (Lipinski definition) is 1. The Kier molecular flexibility index (Phi) is 4.94. The lowest BCUT2D eigenvalue weighted by Crippen LogP contribution is -2.24. The van der Waals surface area contributed by atoms with Crippen molar-refractivity contribution in [2.45, 2.75) is 26.8 Å². The Morgan fingerprint density at radius 2 is 1.76 bits per heavy atom. The Labute approximate surface area is 126 Å². The summed E-state index contributed by atoms with van der Waals surface area (Å²) in [6, 6.07) is 16.1.